The largest absolute Gasteiger partial charge is 0.310 e. The van der Waals surface area contributed by atoms with Crippen LogP contribution in [0.5, 0.6) is 0 Å². The summed E-state index contributed by atoms with van der Waals surface area (Å²) in [5, 5.41) is 3.43. The third-order valence-corrected chi connectivity index (χ3v) is 6.66. The molecular weight excluding hydrogens is 352 g/mol. The molecule has 2 aliphatic rings. The van der Waals surface area contributed by atoms with Crippen molar-refractivity contribution in [3.8, 4) is 0 Å². The van der Waals surface area contributed by atoms with Crippen molar-refractivity contribution in [2.45, 2.75) is 56.1 Å². The van der Waals surface area contributed by atoms with Gasteiger partial charge in [-0.15, -0.1) is 0 Å². The summed E-state index contributed by atoms with van der Waals surface area (Å²) >= 11 is 3.40. The lowest BCUT2D eigenvalue weighted by Crippen LogP contribution is -2.34. The van der Waals surface area contributed by atoms with Crippen molar-refractivity contribution < 1.29 is 8.42 Å². The van der Waals surface area contributed by atoms with Crippen LogP contribution in [0.2, 0.25) is 0 Å². The van der Waals surface area contributed by atoms with E-state index in [2.05, 4.69) is 26.0 Å². The number of nitrogens with one attached hydrogen (secondary N) is 2. The first-order valence-electron chi connectivity index (χ1n) is 7.50. The Bertz CT molecular complexity index is 625. The maximum Gasteiger partial charge on any atom is 0.241 e. The predicted octanol–water partition coefficient (Wildman–Crippen LogP) is 2.78. The van der Waals surface area contributed by atoms with E-state index < -0.39 is 10.0 Å². The zero-order chi connectivity index (χ0) is 15.0. The molecule has 0 radical (unpaired) electrons. The second kappa shape index (κ2) is 5.99. The van der Waals surface area contributed by atoms with Crippen LogP contribution in [-0.2, 0) is 16.6 Å². The third-order valence-electron chi connectivity index (χ3n) is 4.13. The number of hydrogen-bond donors (Lipinski definition) is 2. The van der Waals surface area contributed by atoms with Gasteiger partial charge in [0, 0.05) is 23.1 Å². The van der Waals surface area contributed by atoms with Crippen LogP contribution >= 0.6 is 15.9 Å². The number of benzene rings is 1. The summed E-state index contributed by atoms with van der Waals surface area (Å²) in [5.74, 6) is 0.501. The Balaban J connectivity index is 1.70. The molecule has 21 heavy (non-hydrogen) atoms. The lowest BCUT2D eigenvalue weighted by atomic mass is 10.2. The minimum atomic E-state index is -3.45. The average molecular weight is 373 g/mol. The summed E-state index contributed by atoms with van der Waals surface area (Å²) in [6.45, 7) is 2.73. The van der Waals surface area contributed by atoms with E-state index in [4.69, 9.17) is 0 Å². The second-order valence-corrected chi connectivity index (χ2v) is 8.70. The monoisotopic (exact) mass is 372 g/mol. The van der Waals surface area contributed by atoms with Crippen molar-refractivity contribution in [2.24, 2.45) is 5.92 Å². The van der Waals surface area contributed by atoms with E-state index in [1.54, 1.807) is 6.07 Å². The van der Waals surface area contributed by atoms with Crippen LogP contribution in [0.15, 0.2) is 27.6 Å². The standard InChI is InChI=1S/C15H21BrN2O2S/c1-10(12-3-4-12)18-21(19,20)15-7-2-11(8-14(15)16)9-17-13-5-6-13/h2,7-8,10,12-13,17-18H,3-6,9H2,1H3. The first-order chi connectivity index (χ1) is 9.95. The molecular formula is C15H21BrN2O2S. The summed E-state index contributed by atoms with van der Waals surface area (Å²) in [5.41, 5.74) is 1.10. The topological polar surface area (TPSA) is 58.2 Å². The fourth-order valence-electron chi connectivity index (χ4n) is 2.42. The van der Waals surface area contributed by atoms with E-state index >= 15 is 0 Å². The molecule has 0 bridgehead atoms. The van der Waals surface area contributed by atoms with E-state index in [1.165, 1.54) is 12.8 Å². The van der Waals surface area contributed by atoms with Crippen molar-refractivity contribution in [1.82, 2.24) is 10.0 Å². The van der Waals surface area contributed by atoms with Crippen LogP contribution in [0.25, 0.3) is 0 Å². The number of hydrogen-bond acceptors (Lipinski definition) is 3. The van der Waals surface area contributed by atoms with Crippen LogP contribution in [0, 0.1) is 5.92 Å². The molecule has 6 heteroatoms. The highest BCUT2D eigenvalue weighted by molar-refractivity contribution is 9.10. The van der Waals surface area contributed by atoms with Gasteiger partial charge in [-0.25, -0.2) is 13.1 Å². The molecule has 0 saturated heterocycles. The van der Waals surface area contributed by atoms with Gasteiger partial charge in [-0.2, -0.15) is 0 Å². The fraction of sp³-hybridized carbons (Fsp3) is 0.600. The third kappa shape index (κ3) is 4.06. The molecule has 0 spiro atoms. The molecule has 0 amide bonds. The van der Waals surface area contributed by atoms with Gasteiger partial charge in [0.15, 0.2) is 0 Å². The normalized spacial score (nSPS) is 20.5. The maximum atomic E-state index is 12.4. The Morgan fingerprint density at radius 2 is 2.00 bits per heavy atom. The van der Waals surface area contributed by atoms with Gasteiger partial charge in [0.1, 0.15) is 0 Å². The summed E-state index contributed by atoms with van der Waals surface area (Å²) in [7, 11) is -3.45. The first-order valence-corrected chi connectivity index (χ1v) is 9.77. The molecule has 2 saturated carbocycles. The van der Waals surface area contributed by atoms with Crippen LogP contribution < -0.4 is 10.0 Å². The summed E-state index contributed by atoms with van der Waals surface area (Å²) in [4.78, 5) is 0.324. The van der Waals surface area contributed by atoms with Crippen LogP contribution in [0.1, 0.15) is 38.2 Å². The Hall–Kier alpha value is -0.430. The fourth-order valence-corrected chi connectivity index (χ4v) is 4.86. The highest BCUT2D eigenvalue weighted by Crippen LogP contribution is 2.33. The van der Waals surface area contributed by atoms with Crippen LogP contribution in [-0.4, -0.2) is 20.5 Å². The van der Waals surface area contributed by atoms with E-state index in [1.807, 2.05) is 19.1 Å². The number of halogens is 1. The van der Waals surface area contributed by atoms with Gasteiger partial charge in [-0.05, 0) is 72.2 Å². The summed E-state index contributed by atoms with van der Waals surface area (Å²) < 4.78 is 28.3. The van der Waals surface area contributed by atoms with Crippen molar-refractivity contribution in [3.63, 3.8) is 0 Å². The molecule has 2 fully saturated rings. The van der Waals surface area contributed by atoms with Crippen molar-refractivity contribution in [1.29, 1.82) is 0 Å². The molecule has 3 rings (SSSR count). The van der Waals surface area contributed by atoms with E-state index in [0.29, 0.717) is 21.3 Å². The van der Waals surface area contributed by atoms with Gasteiger partial charge in [0.2, 0.25) is 10.0 Å². The minimum absolute atomic E-state index is 0.0121. The summed E-state index contributed by atoms with van der Waals surface area (Å²) in [6, 6.07) is 6.13. The van der Waals surface area contributed by atoms with Crippen LogP contribution in [0.4, 0.5) is 0 Å². The molecule has 1 aromatic carbocycles. The van der Waals surface area contributed by atoms with Crippen molar-refractivity contribution in [2.75, 3.05) is 0 Å². The SMILES string of the molecule is CC(NS(=O)(=O)c1ccc(CNC2CC2)cc1Br)C1CC1. The van der Waals surface area contributed by atoms with Gasteiger partial charge in [0.25, 0.3) is 0 Å². The molecule has 1 aromatic rings. The Kier molecular flexibility index (Phi) is 4.41. The zero-order valence-corrected chi connectivity index (χ0v) is 14.5. The molecule has 4 nitrogen and oxygen atoms in total. The van der Waals surface area contributed by atoms with Gasteiger partial charge >= 0.3 is 0 Å². The molecule has 2 aliphatic carbocycles. The Morgan fingerprint density at radius 1 is 1.29 bits per heavy atom. The minimum Gasteiger partial charge on any atom is -0.310 e. The molecule has 1 unspecified atom stereocenters. The highest BCUT2D eigenvalue weighted by atomic mass is 79.9. The lowest BCUT2D eigenvalue weighted by Gasteiger charge is -2.15. The molecule has 0 aliphatic heterocycles. The van der Waals surface area contributed by atoms with E-state index in [9.17, 15) is 8.42 Å². The quantitative estimate of drug-likeness (QED) is 0.773. The molecule has 0 heterocycles. The molecule has 2 N–H and O–H groups in total. The van der Waals surface area contributed by atoms with Crippen molar-refractivity contribution >= 4 is 26.0 Å². The number of sulfonamides is 1. The Morgan fingerprint density at radius 3 is 2.57 bits per heavy atom. The first kappa shape index (κ1) is 15.5. The van der Waals surface area contributed by atoms with E-state index in [-0.39, 0.29) is 6.04 Å². The van der Waals surface area contributed by atoms with Gasteiger partial charge < -0.3 is 5.32 Å². The molecule has 1 atom stereocenters. The lowest BCUT2D eigenvalue weighted by molar-refractivity contribution is 0.537. The zero-order valence-electron chi connectivity index (χ0n) is 12.1. The second-order valence-electron chi connectivity index (χ2n) is 6.17. The van der Waals surface area contributed by atoms with Crippen LogP contribution in [0.3, 0.4) is 0 Å². The predicted molar refractivity (Wildman–Crippen MR) is 86.5 cm³/mol. The molecule has 0 aromatic heterocycles. The Labute approximate surface area is 134 Å². The van der Waals surface area contributed by atoms with Gasteiger partial charge in [-0.1, -0.05) is 6.07 Å². The average Bonchev–Trinajstić information content (AvgIpc) is 3.28. The molecule has 116 valence electrons. The van der Waals surface area contributed by atoms with Crippen molar-refractivity contribution in [3.05, 3.63) is 28.2 Å². The number of rotatable bonds is 7. The maximum absolute atomic E-state index is 12.4. The van der Waals surface area contributed by atoms with Gasteiger partial charge in [-0.3, -0.25) is 0 Å². The van der Waals surface area contributed by atoms with E-state index in [0.717, 1.165) is 24.9 Å². The van der Waals surface area contributed by atoms with Gasteiger partial charge in [0.05, 0.1) is 4.90 Å². The smallest absolute Gasteiger partial charge is 0.241 e. The summed E-state index contributed by atoms with van der Waals surface area (Å²) in [6.07, 6.45) is 4.74. The highest BCUT2D eigenvalue weighted by Gasteiger charge is 2.31.